The lowest BCUT2D eigenvalue weighted by atomic mass is 9.81. The van der Waals surface area contributed by atoms with Crippen LogP contribution >= 0.6 is 0 Å². The van der Waals surface area contributed by atoms with Gasteiger partial charge in [-0.2, -0.15) is 0 Å². The van der Waals surface area contributed by atoms with E-state index in [-0.39, 0.29) is 10.8 Å². The summed E-state index contributed by atoms with van der Waals surface area (Å²) in [4.78, 5) is 0. The SMILES string of the molecule is CC1(C)c2ccccc2-c2cc(-c3c4ccccc4c(-c4ccc5c(c4)-c4cc6c(cc4C5(C)C)oc4ccc5ccccc5c46)c4ccccc34)ccc21. The predicted octanol–water partition coefficient (Wildman–Crippen LogP) is 15.0. The zero-order valence-electron chi connectivity index (χ0n) is 31.4. The van der Waals surface area contributed by atoms with Crippen LogP contribution in [-0.2, 0) is 10.8 Å². The third-order valence-electron chi connectivity index (χ3n) is 13.2. The van der Waals surface area contributed by atoms with E-state index in [0.717, 1.165) is 11.2 Å². The molecule has 0 saturated carbocycles. The van der Waals surface area contributed by atoms with Crippen molar-refractivity contribution in [3.8, 4) is 44.5 Å². The van der Waals surface area contributed by atoms with Crippen molar-refractivity contribution in [1.29, 1.82) is 0 Å². The highest BCUT2D eigenvalue weighted by molar-refractivity contribution is 6.22. The van der Waals surface area contributed by atoms with Crippen molar-refractivity contribution in [3.05, 3.63) is 180 Å². The minimum absolute atomic E-state index is 0.0243. The van der Waals surface area contributed by atoms with Crippen LogP contribution < -0.4 is 0 Å². The highest BCUT2D eigenvalue weighted by Gasteiger charge is 2.38. The van der Waals surface area contributed by atoms with Crippen molar-refractivity contribution in [2.75, 3.05) is 0 Å². The van der Waals surface area contributed by atoms with Crippen LogP contribution in [0.2, 0.25) is 0 Å². The van der Waals surface area contributed by atoms with Crippen LogP contribution in [0.15, 0.2) is 162 Å². The lowest BCUT2D eigenvalue weighted by Gasteiger charge is -2.22. The van der Waals surface area contributed by atoms with E-state index in [2.05, 4.69) is 185 Å². The Balaban J connectivity index is 1.10. The summed E-state index contributed by atoms with van der Waals surface area (Å²) in [5.74, 6) is 0. The molecule has 0 N–H and O–H groups in total. The Kier molecular flexibility index (Phi) is 5.98. The third kappa shape index (κ3) is 4.03. The van der Waals surface area contributed by atoms with Crippen LogP contribution in [0.25, 0.3) is 98.8 Å². The average molecular weight is 703 g/mol. The molecule has 1 heterocycles. The van der Waals surface area contributed by atoms with Crippen molar-refractivity contribution >= 4 is 54.3 Å². The van der Waals surface area contributed by atoms with E-state index in [0.29, 0.717) is 0 Å². The highest BCUT2D eigenvalue weighted by atomic mass is 16.3. The summed E-state index contributed by atoms with van der Waals surface area (Å²) in [5.41, 5.74) is 17.6. The molecule has 55 heavy (non-hydrogen) atoms. The van der Waals surface area contributed by atoms with E-state index < -0.39 is 0 Å². The number of benzene rings is 9. The van der Waals surface area contributed by atoms with Crippen LogP contribution in [0.3, 0.4) is 0 Å². The maximum Gasteiger partial charge on any atom is 0.136 e. The first-order valence-electron chi connectivity index (χ1n) is 19.5. The molecule has 12 rings (SSSR count). The minimum atomic E-state index is -0.160. The molecule has 2 aliphatic carbocycles. The molecule has 0 atom stereocenters. The predicted molar refractivity (Wildman–Crippen MR) is 232 cm³/mol. The summed E-state index contributed by atoms with van der Waals surface area (Å²) < 4.78 is 6.57. The van der Waals surface area contributed by atoms with E-state index in [1.54, 1.807) is 0 Å². The topological polar surface area (TPSA) is 13.1 Å². The van der Waals surface area contributed by atoms with Gasteiger partial charge < -0.3 is 4.42 Å². The third-order valence-corrected chi connectivity index (χ3v) is 13.2. The fourth-order valence-corrected chi connectivity index (χ4v) is 10.6. The van der Waals surface area contributed by atoms with Gasteiger partial charge in [-0.3, -0.25) is 0 Å². The van der Waals surface area contributed by atoms with Gasteiger partial charge in [0.1, 0.15) is 11.2 Å². The van der Waals surface area contributed by atoms with Gasteiger partial charge in [0.05, 0.1) is 0 Å². The smallest absolute Gasteiger partial charge is 0.136 e. The minimum Gasteiger partial charge on any atom is -0.456 e. The van der Waals surface area contributed by atoms with E-state index in [1.165, 1.54) is 110 Å². The molecule has 0 bridgehead atoms. The molecule has 0 aliphatic heterocycles. The van der Waals surface area contributed by atoms with E-state index >= 15 is 0 Å². The van der Waals surface area contributed by atoms with Crippen molar-refractivity contribution in [2.24, 2.45) is 0 Å². The molecule has 2 aliphatic rings. The fourth-order valence-electron chi connectivity index (χ4n) is 10.6. The molecule has 0 unspecified atom stereocenters. The highest BCUT2D eigenvalue weighted by Crippen LogP contribution is 2.54. The Morgan fingerprint density at radius 3 is 1.47 bits per heavy atom. The summed E-state index contributed by atoms with van der Waals surface area (Å²) in [6, 6.07) is 59.1. The second-order valence-corrected chi connectivity index (χ2v) is 16.8. The average Bonchev–Trinajstić information content (AvgIpc) is 3.78. The summed E-state index contributed by atoms with van der Waals surface area (Å²) in [5, 5.41) is 9.96. The maximum atomic E-state index is 6.57. The van der Waals surface area contributed by atoms with Gasteiger partial charge >= 0.3 is 0 Å². The molecule has 1 aromatic heterocycles. The van der Waals surface area contributed by atoms with Gasteiger partial charge in [-0.15, -0.1) is 0 Å². The van der Waals surface area contributed by atoms with Crippen molar-refractivity contribution < 1.29 is 4.42 Å². The second-order valence-electron chi connectivity index (χ2n) is 16.8. The molecule has 0 spiro atoms. The van der Waals surface area contributed by atoms with Gasteiger partial charge in [0.15, 0.2) is 0 Å². The van der Waals surface area contributed by atoms with Gasteiger partial charge in [-0.05, 0) is 129 Å². The van der Waals surface area contributed by atoms with Crippen molar-refractivity contribution in [3.63, 3.8) is 0 Å². The number of hydrogen-bond donors (Lipinski definition) is 0. The van der Waals surface area contributed by atoms with Gasteiger partial charge in [0.25, 0.3) is 0 Å². The van der Waals surface area contributed by atoms with Crippen LogP contribution in [0.4, 0.5) is 0 Å². The largest absolute Gasteiger partial charge is 0.456 e. The molecule has 0 saturated heterocycles. The molecule has 10 aromatic rings. The molecule has 260 valence electrons. The standard InChI is InChI=1S/C54H38O/c1-53(2)44-20-12-11-15-35(44)40-27-32(21-24-45(40)53)50-36-16-7-9-18-38(36)51(39-19-10-8-17-37(39)50)33-22-25-46-41(28-33)42-29-43-49(30-47(42)54(46,3)4)55-48-26-23-31-13-5-6-14-34(31)52(43)48/h5-30H,1-4H3. The van der Waals surface area contributed by atoms with Gasteiger partial charge in [-0.25, -0.2) is 0 Å². The number of rotatable bonds is 2. The summed E-state index contributed by atoms with van der Waals surface area (Å²) in [6.45, 7) is 9.43. The Morgan fingerprint density at radius 1 is 0.345 bits per heavy atom. The molecule has 9 aromatic carbocycles. The van der Waals surface area contributed by atoms with Gasteiger partial charge in [0.2, 0.25) is 0 Å². The number of furan rings is 1. The number of hydrogen-bond acceptors (Lipinski definition) is 1. The first-order chi connectivity index (χ1) is 26.8. The second kappa shape index (κ2) is 10.6. The monoisotopic (exact) mass is 702 g/mol. The molecule has 0 amide bonds. The molecular formula is C54H38O. The van der Waals surface area contributed by atoms with E-state index in [1.807, 2.05) is 0 Å². The Morgan fingerprint density at radius 2 is 0.836 bits per heavy atom. The first kappa shape index (κ1) is 31.0. The lowest BCUT2D eigenvalue weighted by Crippen LogP contribution is -2.14. The Hall–Kier alpha value is -6.44. The normalized spacial score (nSPS) is 14.8. The zero-order valence-corrected chi connectivity index (χ0v) is 31.4. The van der Waals surface area contributed by atoms with E-state index in [4.69, 9.17) is 4.42 Å². The Labute approximate surface area is 320 Å². The van der Waals surface area contributed by atoms with Crippen LogP contribution in [0, 0.1) is 0 Å². The van der Waals surface area contributed by atoms with Crippen molar-refractivity contribution in [2.45, 2.75) is 38.5 Å². The molecular weight excluding hydrogens is 665 g/mol. The van der Waals surface area contributed by atoms with Crippen LogP contribution in [0.5, 0.6) is 0 Å². The quantitative estimate of drug-likeness (QED) is 0.163. The van der Waals surface area contributed by atoms with Gasteiger partial charge in [0, 0.05) is 21.6 Å². The Bertz CT molecular complexity index is 3260. The summed E-state index contributed by atoms with van der Waals surface area (Å²) >= 11 is 0. The molecule has 0 radical (unpaired) electrons. The first-order valence-corrected chi connectivity index (χ1v) is 19.5. The van der Waals surface area contributed by atoms with Gasteiger partial charge in [-0.1, -0.05) is 155 Å². The lowest BCUT2D eigenvalue weighted by molar-refractivity contribution is 0.647. The molecule has 1 nitrogen and oxygen atoms in total. The number of fused-ring (bicyclic) bond motifs is 13. The summed E-state index contributed by atoms with van der Waals surface area (Å²) in [7, 11) is 0. The maximum absolute atomic E-state index is 6.57. The fraction of sp³-hybridized carbons (Fsp3) is 0.111. The summed E-state index contributed by atoms with van der Waals surface area (Å²) in [6.07, 6.45) is 0. The molecule has 0 fully saturated rings. The van der Waals surface area contributed by atoms with Crippen LogP contribution in [0.1, 0.15) is 49.9 Å². The van der Waals surface area contributed by atoms with Crippen molar-refractivity contribution in [1.82, 2.24) is 0 Å². The van der Waals surface area contributed by atoms with Crippen LogP contribution in [-0.4, -0.2) is 0 Å². The molecule has 1 heteroatoms. The van der Waals surface area contributed by atoms with E-state index in [9.17, 15) is 0 Å². The zero-order chi connectivity index (χ0) is 36.8.